The van der Waals surface area contributed by atoms with Crippen molar-refractivity contribution < 1.29 is 13.9 Å². The molecule has 0 atom stereocenters. The number of Topliss-reactive ketones (excluding diaryl/α,β-unsaturated/α-hetero) is 1. The zero-order chi connectivity index (χ0) is 11.3. The number of hydrogen-bond acceptors (Lipinski definition) is 3. The Kier molecular flexibility index (Phi) is 4.62. The molecular formula is C11H13FO2S. The van der Waals surface area contributed by atoms with Gasteiger partial charge in [-0.2, -0.15) is 12.6 Å². The maximum atomic E-state index is 13.3. The molecule has 0 radical (unpaired) electrons. The predicted molar refractivity (Wildman–Crippen MR) is 60.4 cm³/mol. The Morgan fingerprint density at radius 3 is 2.80 bits per heavy atom. The van der Waals surface area contributed by atoms with Crippen LogP contribution in [-0.4, -0.2) is 18.1 Å². The average Bonchev–Trinajstić information content (AvgIpc) is 2.21. The first-order chi connectivity index (χ1) is 7.19. The van der Waals surface area contributed by atoms with Crippen LogP contribution in [0.1, 0.15) is 23.7 Å². The lowest BCUT2D eigenvalue weighted by molar-refractivity contribution is 0.0989. The third-order valence-electron chi connectivity index (χ3n) is 1.89. The topological polar surface area (TPSA) is 26.3 Å². The van der Waals surface area contributed by atoms with Gasteiger partial charge in [-0.05, 0) is 30.9 Å². The van der Waals surface area contributed by atoms with Crippen LogP contribution in [0.3, 0.4) is 0 Å². The molecule has 0 aromatic heterocycles. The quantitative estimate of drug-likeness (QED) is 0.619. The van der Waals surface area contributed by atoms with Gasteiger partial charge >= 0.3 is 0 Å². The fourth-order valence-electron chi connectivity index (χ4n) is 1.19. The van der Waals surface area contributed by atoms with E-state index in [4.69, 9.17) is 4.74 Å². The Bertz CT molecular complexity index is 352. The number of rotatable bonds is 5. The number of carbonyl (C=O) groups is 1. The minimum absolute atomic E-state index is 0.105. The number of benzene rings is 1. The van der Waals surface area contributed by atoms with Crippen LogP contribution in [0.5, 0.6) is 5.75 Å². The molecule has 0 bridgehead atoms. The number of hydrogen-bond donors (Lipinski definition) is 1. The van der Waals surface area contributed by atoms with Gasteiger partial charge in [-0.15, -0.1) is 0 Å². The van der Waals surface area contributed by atoms with Crippen LogP contribution < -0.4 is 4.74 Å². The smallest absolute Gasteiger partial charge is 0.165 e. The zero-order valence-electron chi connectivity index (χ0n) is 8.50. The lowest BCUT2D eigenvalue weighted by atomic mass is 10.1. The molecule has 0 spiro atoms. The Labute approximate surface area is 93.9 Å². The zero-order valence-corrected chi connectivity index (χ0v) is 9.39. The van der Waals surface area contributed by atoms with Gasteiger partial charge in [-0.25, -0.2) is 4.39 Å². The lowest BCUT2D eigenvalue weighted by Crippen LogP contribution is -2.02. The van der Waals surface area contributed by atoms with Gasteiger partial charge in [-0.3, -0.25) is 4.79 Å². The van der Waals surface area contributed by atoms with Gasteiger partial charge in [0.05, 0.1) is 6.61 Å². The molecule has 1 aromatic carbocycles. The number of ether oxygens (including phenoxy) is 1. The molecule has 82 valence electrons. The van der Waals surface area contributed by atoms with Crippen LogP contribution in [-0.2, 0) is 0 Å². The largest absolute Gasteiger partial charge is 0.491 e. The minimum atomic E-state index is -0.498. The predicted octanol–water partition coefficient (Wildman–Crippen LogP) is 2.73. The van der Waals surface area contributed by atoms with E-state index in [0.717, 1.165) is 0 Å². The van der Waals surface area contributed by atoms with Crippen LogP contribution in [0.25, 0.3) is 0 Å². The van der Waals surface area contributed by atoms with Crippen molar-refractivity contribution in [1.82, 2.24) is 0 Å². The number of carbonyl (C=O) groups excluding carboxylic acids is 1. The van der Waals surface area contributed by atoms with Crippen molar-refractivity contribution >= 4 is 18.4 Å². The third-order valence-corrected chi connectivity index (χ3v) is 2.12. The molecule has 1 rings (SSSR count). The Hall–Kier alpha value is -1.03. The Morgan fingerprint density at radius 1 is 1.53 bits per heavy atom. The van der Waals surface area contributed by atoms with Crippen molar-refractivity contribution in [3.8, 4) is 5.75 Å². The molecule has 0 heterocycles. The molecule has 4 heteroatoms. The van der Waals surface area contributed by atoms with Crippen molar-refractivity contribution in [3.63, 3.8) is 0 Å². The summed E-state index contributed by atoms with van der Waals surface area (Å²) in [5.74, 6) is 0.0435. The van der Waals surface area contributed by atoms with E-state index in [1.54, 1.807) is 13.0 Å². The maximum absolute atomic E-state index is 13.3. The van der Waals surface area contributed by atoms with Crippen molar-refractivity contribution in [2.75, 3.05) is 12.4 Å². The van der Waals surface area contributed by atoms with Crippen LogP contribution in [0.2, 0.25) is 0 Å². The Morgan fingerprint density at radius 2 is 2.27 bits per heavy atom. The van der Waals surface area contributed by atoms with E-state index >= 15 is 0 Å². The molecule has 0 saturated heterocycles. The molecule has 1 aromatic rings. The van der Waals surface area contributed by atoms with Gasteiger partial charge in [0, 0.05) is 12.0 Å². The third kappa shape index (κ3) is 3.23. The van der Waals surface area contributed by atoms with E-state index in [1.165, 1.54) is 12.1 Å². The molecular weight excluding hydrogens is 215 g/mol. The summed E-state index contributed by atoms with van der Waals surface area (Å²) >= 11 is 3.95. The summed E-state index contributed by atoms with van der Waals surface area (Å²) in [6.45, 7) is 2.18. The molecule has 0 saturated carbocycles. The van der Waals surface area contributed by atoms with Gasteiger partial charge in [0.2, 0.25) is 0 Å². The number of halogens is 1. The van der Waals surface area contributed by atoms with Crippen LogP contribution in [0, 0.1) is 5.82 Å². The number of ketones is 1. The highest BCUT2D eigenvalue weighted by molar-refractivity contribution is 7.80. The van der Waals surface area contributed by atoms with E-state index in [2.05, 4.69) is 12.6 Å². The van der Waals surface area contributed by atoms with Crippen molar-refractivity contribution in [1.29, 1.82) is 0 Å². The first-order valence-corrected chi connectivity index (χ1v) is 5.38. The second-order valence-electron chi connectivity index (χ2n) is 2.97. The fourth-order valence-corrected chi connectivity index (χ4v) is 1.40. The first kappa shape index (κ1) is 12.0. The number of thiol groups is 1. The maximum Gasteiger partial charge on any atom is 0.165 e. The SMILES string of the molecule is CCOc1ccc(C(=O)CCS)cc1F. The second-order valence-corrected chi connectivity index (χ2v) is 3.42. The Balaban J connectivity index is 2.86. The second kappa shape index (κ2) is 5.75. The molecule has 15 heavy (non-hydrogen) atoms. The van der Waals surface area contributed by atoms with E-state index in [1.807, 2.05) is 0 Å². The van der Waals surface area contributed by atoms with Gasteiger partial charge in [0.1, 0.15) is 0 Å². The van der Waals surface area contributed by atoms with Gasteiger partial charge in [0.15, 0.2) is 17.3 Å². The van der Waals surface area contributed by atoms with Crippen LogP contribution in [0.15, 0.2) is 18.2 Å². The minimum Gasteiger partial charge on any atom is -0.491 e. The van der Waals surface area contributed by atoms with Crippen molar-refractivity contribution in [2.45, 2.75) is 13.3 Å². The average molecular weight is 228 g/mol. The highest BCUT2D eigenvalue weighted by Gasteiger charge is 2.09. The summed E-state index contributed by atoms with van der Waals surface area (Å²) in [5, 5.41) is 0. The lowest BCUT2D eigenvalue weighted by Gasteiger charge is -2.05. The summed E-state index contributed by atoms with van der Waals surface area (Å²) in [7, 11) is 0. The van der Waals surface area contributed by atoms with Gasteiger partial charge in [-0.1, -0.05) is 0 Å². The monoisotopic (exact) mass is 228 g/mol. The van der Waals surface area contributed by atoms with E-state index in [9.17, 15) is 9.18 Å². The van der Waals surface area contributed by atoms with E-state index < -0.39 is 5.82 Å². The summed E-state index contributed by atoms with van der Waals surface area (Å²) < 4.78 is 18.4. The normalized spacial score (nSPS) is 10.1. The summed E-state index contributed by atoms with van der Waals surface area (Å²) in [5.41, 5.74) is 0.366. The van der Waals surface area contributed by atoms with Crippen LogP contribution in [0.4, 0.5) is 4.39 Å². The van der Waals surface area contributed by atoms with Crippen molar-refractivity contribution in [3.05, 3.63) is 29.6 Å². The van der Waals surface area contributed by atoms with Gasteiger partial charge < -0.3 is 4.74 Å². The molecule has 0 aliphatic rings. The summed E-state index contributed by atoms with van der Waals surface area (Å²) in [6, 6.07) is 4.25. The highest BCUT2D eigenvalue weighted by atomic mass is 32.1. The molecule has 0 aliphatic carbocycles. The summed E-state index contributed by atoms with van der Waals surface area (Å²) in [6.07, 6.45) is 0.316. The first-order valence-electron chi connectivity index (χ1n) is 4.75. The standard InChI is InChI=1S/C11H13FO2S/c1-2-14-11-4-3-8(7-9(11)12)10(13)5-6-15/h3-4,7,15H,2,5-6H2,1H3. The fraction of sp³-hybridized carbons (Fsp3) is 0.364. The van der Waals surface area contributed by atoms with E-state index in [0.29, 0.717) is 24.3 Å². The molecule has 0 aliphatic heterocycles. The molecule has 2 nitrogen and oxygen atoms in total. The van der Waals surface area contributed by atoms with E-state index in [-0.39, 0.29) is 11.5 Å². The molecule has 0 fully saturated rings. The van der Waals surface area contributed by atoms with Crippen molar-refractivity contribution in [2.24, 2.45) is 0 Å². The van der Waals surface area contributed by atoms with Gasteiger partial charge in [0.25, 0.3) is 0 Å². The molecule has 0 unspecified atom stereocenters. The molecule has 0 amide bonds. The molecule has 0 N–H and O–H groups in total. The highest BCUT2D eigenvalue weighted by Crippen LogP contribution is 2.19. The summed E-state index contributed by atoms with van der Waals surface area (Å²) in [4.78, 5) is 11.4. The van der Waals surface area contributed by atoms with Crippen LogP contribution >= 0.6 is 12.6 Å².